The second-order valence-corrected chi connectivity index (χ2v) is 5.34. The third kappa shape index (κ3) is 2.43. The van der Waals surface area contributed by atoms with E-state index in [2.05, 4.69) is 5.32 Å². The summed E-state index contributed by atoms with van der Waals surface area (Å²) in [5.74, 6) is -0.389. The number of rotatable bonds is 2. The van der Waals surface area contributed by atoms with Gasteiger partial charge in [0.25, 0.3) is 0 Å². The lowest BCUT2D eigenvalue weighted by atomic mass is 9.99. The highest BCUT2D eigenvalue weighted by atomic mass is 35.5. The number of carbonyl (C=O) groups excluding carboxylic acids is 2. The van der Waals surface area contributed by atoms with E-state index in [4.69, 9.17) is 23.1 Å². The molecule has 1 heterocycles. The maximum Gasteiger partial charge on any atom is 0.228 e. The smallest absolute Gasteiger partial charge is 0.228 e. The van der Waals surface area contributed by atoms with Gasteiger partial charge in [0, 0.05) is 28.2 Å². The number of hydrogen-bond acceptors (Lipinski definition) is 4. The minimum absolute atomic E-state index is 0.112. The van der Waals surface area contributed by atoms with Gasteiger partial charge in [-0.05, 0) is 35.9 Å². The van der Waals surface area contributed by atoms with Gasteiger partial charge in [-0.25, -0.2) is 0 Å². The largest absolute Gasteiger partial charge is 0.399 e. The van der Waals surface area contributed by atoms with E-state index in [1.807, 2.05) is 0 Å². The van der Waals surface area contributed by atoms with Crippen molar-refractivity contribution < 1.29 is 9.59 Å². The molecule has 3 rings (SSSR count). The zero-order valence-corrected chi connectivity index (χ0v) is 11.7. The molecule has 106 valence electrons. The summed E-state index contributed by atoms with van der Waals surface area (Å²) in [6.45, 7) is 0. The molecule has 0 aromatic heterocycles. The first-order valence-corrected chi connectivity index (χ1v) is 6.65. The lowest BCUT2D eigenvalue weighted by Crippen LogP contribution is -2.05. The van der Waals surface area contributed by atoms with Crippen LogP contribution in [0.4, 0.5) is 17.1 Å². The number of ketones is 1. The quantitative estimate of drug-likeness (QED) is 0.585. The lowest BCUT2D eigenvalue weighted by Gasteiger charge is -2.08. The average molecular weight is 302 g/mol. The van der Waals surface area contributed by atoms with Crippen molar-refractivity contribution in [2.45, 2.75) is 6.42 Å². The third-order valence-electron chi connectivity index (χ3n) is 3.30. The number of amides is 1. The summed E-state index contributed by atoms with van der Waals surface area (Å²) in [6, 6.07) is 7.89. The molecule has 0 radical (unpaired) electrons. The third-order valence-corrected chi connectivity index (χ3v) is 3.62. The Morgan fingerprint density at radius 3 is 2.43 bits per heavy atom. The van der Waals surface area contributed by atoms with Crippen LogP contribution in [0.15, 0.2) is 30.3 Å². The maximum atomic E-state index is 12.6. The molecular weight excluding hydrogens is 290 g/mol. The highest BCUT2D eigenvalue weighted by Crippen LogP contribution is 2.31. The number of nitrogen functional groups attached to an aromatic ring is 2. The molecule has 6 heteroatoms. The van der Waals surface area contributed by atoms with Crippen LogP contribution in [-0.2, 0) is 11.2 Å². The van der Waals surface area contributed by atoms with Gasteiger partial charge in [0.05, 0.1) is 11.4 Å². The normalized spacial score (nSPS) is 12.9. The molecule has 5 N–H and O–H groups in total. The second kappa shape index (κ2) is 4.79. The Morgan fingerprint density at radius 1 is 1.10 bits per heavy atom. The van der Waals surface area contributed by atoms with E-state index in [1.165, 1.54) is 0 Å². The van der Waals surface area contributed by atoms with Gasteiger partial charge in [-0.3, -0.25) is 9.59 Å². The summed E-state index contributed by atoms with van der Waals surface area (Å²) in [6.07, 6.45) is 0.242. The van der Waals surface area contributed by atoms with Crippen LogP contribution in [0.5, 0.6) is 0 Å². The zero-order chi connectivity index (χ0) is 15.1. The molecule has 0 aliphatic carbocycles. The van der Waals surface area contributed by atoms with Crippen molar-refractivity contribution in [1.29, 1.82) is 0 Å². The Balaban J connectivity index is 2.06. The van der Waals surface area contributed by atoms with Crippen molar-refractivity contribution in [3.63, 3.8) is 0 Å². The molecule has 5 nitrogen and oxygen atoms in total. The number of benzene rings is 2. The fourth-order valence-electron chi connectivity index (χ4n) is 2.39. The van der Waals surface area contributed by atoms with E-state index in [0.29, 0.717) is 28.2 Å². The molecule has 21 heavy (non-hydrogen) atoms. The van der Waals surface area contributed by atoms with E-state index in [0.717, 1.165) is 5.56 Å². The van der Waals surface area contributed by atoms with Crippen LogP contribution in [0.1, 0.15) is 21.5 Å². The fraction of sp³-hybridized carbons (Fsp3) is 0.0667. The van der Waals surface area contributed by atoms with Gasteiger partial charge in [-0.2, -0.15) is 0 Å². The van der Waals surface area contributed by atoms with Gasteiger partial charge >= 0.3 is 0 Å². The van der Waals surface area contributed by atoms with Crippen molar-refractivity contribution in [3.8, 4) is 0 Å². The van der Waals surface area contributed by atoms with E-state index >= 15 is 0 Å². The molecule has 0 saturated heterocycles. The minimum Gasteiger partial charge on any atom is -0.399 e. The molecular formula is C15H12ClN3O2. The number of nitrogens with two attached hydrogens (primary N) is 2. The number of hydrogen-bond donors (Lipinski definition) is 3. The number of nitrogens with one attached hydrogen (secondary N) is 1. The van der Waals surface area contributed by atoms with Crippen LogP contribution in [0.25, 0.3) is 0 Å². The molecule has 0 atom stereocenters. The van der Waals surface area contributed by atoms with Gasteiger partial charge < -0.3 is 16.8 Å². The van der Waals surface area contributed by atoms with Crippen molar-refractivity contribution >= 4 is 40.4 Å². The van der Waals surface area contributed by atoms with Crippen molar-refractivity contribution in [1.82, 2.24) is 0 Å². The summed E-state index contributed by atoms with van der Waals surface area (Å²) in [4.78, 5) is 23.9. The van der Waals surface area contributed by atoms with Crippen LogP contribution in [0, 0.1) is 0 Å². The first-order chi connectivity index (χ1) is 9.94. The summed E-state index contributed by atoms with van der Waals surface area (Å²) >= 11 is 6.15. The summed E-state index contributed by atoms with van der Waals surface area (Å²) in [5, 5.41) is 2.97. The molecule has 0 bridgehead atoms. The summed E-state index contributed by atoms with van der Waals surface area (Å²) < 4.78 is 0. The number of halogens is 1. The number of anilines is 3. The maximum absolute atomic E-state index is 12.6. The van der Waals surface area contributed by atoms with E-state index in [1.54, 1.807) is 30.3 Å². The molecule has 0 unspecified atom stereocenters. The Bertz CT molecular complexity index is 766. The van der Waals surface area contributed by atoms with E-state index < -0.39 is 0 Å². The fourth-order valence-corrected chi connectivity index (χ4v) is 2.63. The number of fused-ring (bicyclic) bond motifs is 1. The Morgan fingerprint density at radius 2 is 1.76 bits per heavy atom. The predicted molar refractivity (Wildman–Crippen MR) is 82.5 cm³/mol. The zero-order valence-electron chi connectivity index (χ0n) is 10.9. The molecule has 1 amide bonds. The van der Waals surface area contributed by atoms with Crippen LogP contribution < -0.4 is 16.8 Å². The molecule has 1 aliphatic heterocycles. The lowest BCUT2D eigenvalue weighted by molar-refractivity contribution is -0.115. The molecule has 0 saturated carbocycles. The molecule has 2 aromatic rings. The molecule has 1 aliphatic rings. The van der Waals surface area contributed by atoms with Crippen molar-refractivity contribution in [3.05, 3.63) is 52.0 Å². The standard InChI is InChI=1S/C15H12ClN3O2/c16-12-6-13-7(4-14(20)19-13)3-11(12)15(21)8-1-9(17)5-10(18)2-8/h1-3,5-6H,4,17-18H2,(H,19,20). The first-order valence-electron chi connectivity index (χ1n) is 6.27. The van der Waals surface area contributed by atoms with Gasteiger partial charge in [-0.1, -0.05) is 11.6 Å². The van der Waals surface area contributed by atoms with Crippen LogP contribution in [-0.4, -0.2) is 11.7 Å². The highest BCUT2D eigenvalue weighted by molar-refractivity contribution is 6.35. The SMILES string of the molecule is Nc1cc(N)cc(C(=O)c2cc3c(cc2Cl)NC(=O)C3)c1. The van der Waals surface area contributed by atoms with Gasteiger partial charge in [0.2, 0.25) is 5.91 Å². The average Bonchev–Trinajstić information content (AvgIpc) is 2.75. The van der Waals surface area contributed by atoms with Crippen molar-refractivity contribution in [2.75, 3.05) is 16.8 Å². The van der Waals surface area contributed by atoms with Crippen LogP contribution >= 0.6 is 11.6 Å². The predicted octanol–water partition coefficient (Wildman–Crippen LogP) is 2.23. The second-order valence-electron chi connectivity index (χ2n) is 4.93. The van der Waals surface area contributed by atoms with E-state index in [-0.39, 0.29) is 23.1 Å². The van der Waals surface area contributed by atoms with E-state index in [9.17, 15) is 9.59 Å². The topological polar surface area (TPSA) is 98.2 Å². The Kier molecular flexibility index (Phi) is 3.07. The summed E-state index contributed by atoms with van der Waals surface area (Å²) in [5.41, 5.74) is 14.3. The van der Waals surface area contributed by atoms with Crippen LogP contribution in [0.2, 0.25) is 5.02 Å². The van der Waals surface area contributed by atoms with Gasteiger partial charge in [-0.15, -0.1) is 0 Å². The monoisotopic (exact) mass is 301 g/mol. The van der Waals surface area contributed by atoms with Crippen LogP contribution in [0.3, 0.4) is 0 Å². The Hall–Kier alpha value is -2.53. The molecule has 0 fully saturated rings. The highest BCUT2D eigenvalue weighted by Gasteiger charge is 2.22. The van der Waals surface area contributed by atoms with Gasteiger partial charge in [0.1, 0.15) is 0 Å². The number of carbonyl (C=O) groups is 2. The van der Waals surface area contributed by atoms with Gasteiger partial charge in [0.15, 0.2) is 5.78 Å². The minimum atomic E-state index is -0.277. The summed E-state index contributed by atoms with van der Waals surface area (Å²) in [7, 11) is 0. The Labute approximate surface area is 125 Å². The first kappa shape index (κ1) is 13.5. The molecule has 0 spiro atoms. The van der Waals surface area contributed by atoms with Crippen molar-refractivity contribution in [2.24, 2.45) is 0 Å². The molecule has 2 aromatic carbocycles.